The first-order valence-electron chi connectivity index (χ1n) is 5.38. The molecule has 1 unspecified atom stereocenters. The van der Waals surface area contributed by atoms with E-state index >= 15 is 0 Å². The average Bonchev–Trinajstić information content (AvgIpc) is 2.29. The Morgan fingerprint density at radius 1 is 1.56 bits per heavy atom. The summed E-state index contributed by atoms with van der Waals surface area (Å²) in [5, 5.41) is 2.76. The normalized spacial score (nSPS) is 11.9. The number of benzene rings is 1. The summed E-state index contributed by atoms with van der Waals surface area (Å²) >= 11 is 0. The Morgan fingerprint density at radius 2 is 2.31 bits per heavy atom. The van der Waals surface area contributed by atoms with Crippen LogP contribution in [0.3, 0.4) is 0 Å². The van der Waals surface area contributed by atoms with Gasteiger partial charge in [-0.05, 0) is 18.6 Å². The van der Waals surface area contributed by atoms with Gasteiger partial charge in [-0.15, -0.1) is 0 Å². The molecule has 0 heterocycles. The third kappa shape index (κ3) is 3.55. The van der Waals surface area contributed by atoms with E-state index in [0.29, 0.717) is 17.9 Å². The molecule has 1 amide bonds. The van der Waals surface area contributed by atoms with Crippen LogP contribution in [-0.2, 0) is 4.79 Å². The lowest BCUT2D eigenvalue weighted by atomic mass is 10.1. The maximum Gasteiger partial charge on any atom is 0.241 e. The molecule has 1 rings (SSSR count). The van der Waals surface area contributed by atoms with Gasteiger partial charge in [0, 0.05) is 11.8 Å². The fourth-order valence-electron chi connectivity index (χ4n) is 1.38. The molecule has 4 heteroatoms. The van der Waals surface area contributed by atoms with Gasteiger partial charge in [0.15, 0.2) is 0 Å². The van der Waals surface area contributed by atoms with E-state index in [4.69, 9.17) is 10.5 Å². The maximum absolute atomic E-state index is 11.6. The molecule has 4 nitrogen and oxygen atoms in total. The van der Waals surface area contributed by atoms with E-state index in [1.807, 2.05) is 19.1 Å². The van der Waals surface area contributed by atoms with Crippen molar-refractivity contribution in [3.05, 3.63) is 24.3 Å². The monoisotopic (exact) mass is 222 g/mol. The van der Waals surface area contributed by atoms with Gasteiger partial charge in [0.05, 0.1) is 13.2 Å². The van der Waals surface area contributed by atoms with Crippen molar-refractivity contribution in [1.82, 2.24) is 0 Å². The molecule has 0 aliphatic carbocycles. The van der Waals surface area contributed by atoms with Crippen LogP contribution in [-0.4, -0.2) is 19.1 Å². The minimum atomic E-state index is -0.448. The molecule has 0 bridgehead atoms. The van der Waals surface area contributed by atoms with Crippen LogP contribution in [0, 0.1) is 0 Å². The van der Waals surface area contributed by atoms with Crippen molar-refractivity contribution in [1.29, 1.82) is 0 Å². The summed E-state index contributed by atoms with van der Waals surface area (Å²) in [5.41, 5.74) is 6.41. The SMILES string of the molecule is CCCC(N)C(=O)Nc1cccc(OC)c1. The summed E-state index contributed by atoms with van der Waals surface area (Å²) in [7, 11) is 1.59. The molecular formula is C12H18N2O2. The number of methoxy groups -OCH3 is 1. The lowest BCUT2D eigenvalue weighted by Gasteiger charge is -2.11. The molecule has 3 N–H and O–H groups in total. The molecule has 0 spiro atoms. The van der Waals surface area contributed by atoms with Crippen molar-refractivity contribution < 1.29 is 9.53 Å². The molecule has 0 aliphatic rings. The Kier molecular flexibility index (Phi) is 4.79. The highest BCUT2D eigenvalue weighted by Gasteiger charge is 2.12. The Balaban J connectivity index is 2.61. The first kappa shape index (κ1) is 12.5. The number of carbonyl (C=O) groups is 1. The number of amides is 1. The third-order valence-electron chi connectivity index (χ3n) is 2.27. The van der Waals surface area contributed by atoms with Crippen molar-refractivity contribution in [3.8, 4) is 5.75 Å². The van der Waals surface area contributed by atoms with Gasteiger partial charge in [-0.3, -0.25) is 4.79 Å². The number of hydrogen-bond acceptors (Lipinski definition) is 3. The van der Waals surface area contributed by atoms with Crippen molar-refractivity contribution in [3.63, 3.8) is 0 Å². The van der Waals surface area contributed by atoms with Gasteiger partial charge in [-0.1, -0.05) is 19.4 Å². The Hall–Kier alpha value is -1.55. The molecular weight excluding hydrogens is 204 g/mol. The van der Waals surface area contributed by atoms with Gasteiger partial charge in [0.25, 0.3) is 0 Å². The Bertz CT molecular complexity index is 353. The number of nitrogens with two attached hydrogens (primary N) is 1. The van der Waals surface area contributed by atoms with Crippen LogP contribution in [0.2, 0.25) is 0 Å². The van der Waals surface area contributed by atoms with Crippen LogP contribution in [0.4, 0.5) is 5.69 Å². The lowest BCUT2D eigenvalue weighted by molar-refractivity contribution is -0.117. The van der Waals surface area contributed by atoms with E-state index in [0.717, 1.165) is 6.42 Å². The number of hydrogen-bond donors (Lipinski definition) is 2. The molecule has 0 aromatic heterocycles. The molecule has 0 saturated carbocycles. The summed E-state index contributed by atoms with van der Waals surface area (Å²) in [6, 6.07) is 6.76. The topological polar surface area (TPSA) is 64.4 Å². The van der Waals surface area contributed by atoms with Crippen LogP contribution in [0.15, 0.2) is 24.3 Å². The second-order valence-electron chi connectivity index (χ2n) is 3.62. The first-order chi connectivity index (χ1) is 7.67. The zero-order valence-corrected chi connectivity index (χ0v) is 9.69. The summed E-state index contributed by atoms with van der Waals surface area (Å²) in [4.78, 5) is 11.6. The van der Waals surface area contributed by atoms with Crippen LogP contribution < -0.4 is 15.8 Å². The van der Waals surface area contributed by atoms with Gasteiger partial charge in [-0.25, -0.2) is 0 Å². The highest BCUT2D eigenvalue weighted by Crippen LogP contribution is 2.16. The third-order valence-corrected chi connectivity index (χ3v) is 2.27. The molecule has 1 aromatic rings. The summed E-state index contributed by atoms with van der Waals surface area (Å²) in [5.74, 6) is 0.553. The second-order valence-corrected chi connectivity index (χ2v) is 3.62. The number of nitrogens with one attached hydrogen (secondary N) is 1. The van der Waals surface area contributed by atoms with E-state index in [1.165, 1.54) is 0 Å². The smallest absolute Gasteiger partial charge is 0.241 e. The van der Waals surface area contributed by atoms with Crippen LogP contribution >= 0.6 is 0 Å². The quantitative estimate of drug-likeness (QED) is 0.798. The predicted molar refractivity (Wildman–Crippen MR) is 64.5 cm³/mol. The standard InChI is InChI=1S/C12H18N2O2/c1-3-5-11(13)12(15)14-9-6-4-7-10(8-9)16-2/h4,6-8,11H,3,5,13H2,1-2H3,(H,14,15). The van der Waals surface area contributed by atoms with Gasteiger partial charge in [0.1, 0.15) is 5.75 Å². The van der Waals surface area contributed by atoms with E-state index in [2.05, 4.69) is 5.32 Å². The highest BCUT2D eigenvalue weighted by molar-refractivity contribution is 5.94. The summed E-state index contributed by atoms with van der Waals surface area (Å²) in [6.07, 6.45) is 1.59. The fraction of sp³-hybridized carbons (Fsp3) is 0.417. The second kappa shape index (κ2) is 6.12. The molecule has 0 aliphatic heterocycles. The van der Waals surface area contributed by atoms with Crippen molar-refractivity contribution in [2.24, 2.45) is 5.73 Å². The first-order valence-corrected chi connectivity index (χ1v) is 5.38. The van der Waals surface area contributed by atoms with Crippen molar-refractivity contribution in [2.75, 3.05) is 12.4 Å². The average molecular weight is 222 g/mol. The van der Waals surface area contributed by atoms with Crippen LogP contribution in [0.5, 0.6) is 5.75 Å². The summed E-state index contributed by atoms with van der Waals surface area (Å²) < 4.78 is 5.06. The minimum absolute atomic E-state index is 0.157. The van der Waals surface area contributed by atoms with Crippen molar-refractivity contribution in [2.45, 2.75) is 25.8 Å². The van der Waals surface area contributed by atoms with E-state index in [1.54, 1.807) is 19.2 Å². The number of anilines is 1. The predicted octanol–water partition coefficient (Wildman–Crippen LogP) is 1.76. The number of rotatable bonds is 5. The molecule has 88 valence electrons. The summed E-state index contributed by atoms with van der Waals surface area (Å²) in [6.45, 7) is 2.00. The molecule has 1 aromatic carbocycles. The van der Waals surface area contributed by atoms with Gasteiger partial charge in [-0.2, -0.15) is 0 Å². The van der Waals surface area contributed by atoms with Crippen molar-refractivity contribution >= 4 is 11.6 Å². The molecule has 16 heavy (non-hydrogen) atoms. The van der Waals surface area contributed by atoms with Crippen LogP contribution in [0.1, 0.15) is 19.8 Å². The maximum atomic E-state index is 11.6. The van der Waals surface area contributed by atoms with Gasteiger partial charge in [0.2, 0.25) is 5.91 Å². The molecule has 1 atom stereocenters. The lowest BCUT2D eigenvalue weighted by Crippen LogP contribution is -2.35. The van der Waals surface area contributed by atoms with E-state index in [-0.39, 0.29) is 5.91 Å². The zero-order valence-electron chi connectivity index (χ0n) is 9.69. The van der Waals surface area contributed by atoms with E-state index in [9.17, 15) is 4.79 Å². The van der Waals surface area contributed by atoms with Gasteiger partial charge >= 0.3 is 0 Å². The Labute approximate surface area is 95.8 Å². The van der Waals surface area contributed by atoms with Gasteiger partial charge < -0.3 is 15.8 Å². The highest BCUT2D eigenvalue weighted by atomic mass is 16.5. The Morgan fingerprint density at radius 3 is 2.94 bits per heavy atom. The zero-order chi connectivity index (χ0) is 12.0. The molecule has 0 saturated heterocycles. The fourth-order valence-corrected chi connectivity index (χ4v) is 1.38. The largest absolute Gasteiger partial charge is 0.497 e. The number of carbonyl (C=O) groups excluding carboxylic acids is 1. The molecule has 0 fully saturated rings. The minimum Gasteiger partial charge on any atom is -0.497 e. The van der Waals surface area contributed by atoms with Crippen LogP contribution in [0.25, 0.3) is 0 Å². The molecule has 0 radical (unpaired) electrons. The number of ether oxygens (including phenoxy) is 1. The van der Waals surface area contributed by atoms with E-state index < -0.39 is 6.04 Å².